The van der Waals surface area contributed by atoms with E-state index in [4.69, 9.17) is 24.3 Å². The summed E-state index contributed by atoms with van der Waals surface area (Å²) in [6, 6.07) is 13.1. The van der Waals surface area contributed by atoms with Crippen molar-refractivity contribution in [1.82, 2.24) is 19.5 Å². The molecule has 2 aromatic heterocycles. The zero-order valence-electron chi connectivity index (χ0n) is 24.9. The zero-order chi connectivity index (χ0) is 30.8. The Morgan fingerprint density at radius 2 is 1.93 bits per heavy atom. The molecule has 0 bridgehead atoms. The maximum atomic E-state index is 14.7. The first-order chi connectivity index (χ1) is 21.2. The number of aryl methyl sites for hydroxylation is 1. The van der Waals surface area contributed by atoms with Crippen LogP contribution < -0.4 is 10.3 Å². The van der Waals surface area contributed by atoms with Crippen LogP contribution in [0.5, 0.6) is 5.75 Å². The van der Waals surface area contributed by atoms with Gasteiger partial charge in [0, 0.05) is 11.8 Å². The van der Waals surface area contributed by atoms with Crippen molar-refractivity contribution in [2.45, 2.75) is 76.9 Å². The van der Waals surface area contributed by atoms with Crippen LogP contribution in [0, 0.1) is 12.8 Å². The van der Waals surface area contributed by atoms with E-state index in [0.717, 1.165) is 42.9 Å². The van der Waals surface area contributed by atoms with Gasteiger partial charge in [-0.25, -0.2) is 19.5 Å². The Labute approximate surface area is 255 Å². The fourth-order valence-electron chi connectivity index (χ4n) is 6.01. The first kappa shape index (κ1) is 30.5. The van der Waals surface area contributed by atoms with E-state index < -0.39 is 44.5 Å². The molecular weight excluding hydrogens is 585 g/mol. The molecule has 2 aliphatic rings. The summed E-state index contributed by atoms with van der Waals surface area (Å²) in [6.07, 6.45) is 3.96. The number of nitrogen functional groups attached to an aromatic ring is 1. The smallest absolute Gasteiger partial charge is 0.380 e. The summed E-state index contributed by atoms with van der Waals surface area (Å²) in [5, 5.41) is 11.9. The molecular formula is C31H38N5O7P. The number of aromatic nitrogens is 4. The number of nitrogens with zero attached hydrogens (tertiary/aromatic N) is 4. The zero-order valence-corrected chi connectivity index (χ0v) is 25.8. The van der Waals surface area contributed by atoms with Crippen LogP contribution in [0.4, 0.5) is 5.82 Å². The van der Waals surface area contributed by atoms with Crippen molar-refractivity contribution in [3.8, 4) is 5.75 Å². The topological polar surface area (TPSA) is 161 Å². The number of aliphatic hydroxyl groups is 1. The van der Waals surface area contributed by atoms with Gasteiger partial charge in [0.15, 0.2) is 11.5 Å². The summed E-state index contributed by atoms with van der Waals surface area (Å²) in [6.45, 7) is 3.01. The Hall–Kier alpha value is -3.57. The van der Waals surface area contributed by atoms with Gasteiger partial charge in [0.05, 0.1) is 25.0 Å². The minimum atomic E-state index is -4.04. The van der Waals surface area contributed by atoms with Crippen LogP contribution in [0.15, 0.2) is 48.8 Å². The summed E-state index contributed by atoms with van der Waals surface area (Å²) in [7, 11) is -4.04. The number of imidazole rings is 1. The van der Waals surface area contributed by atoms with Crippen molar-refractivity contribution in [3.63, 3.8) is 0 Å². The van der Waals surface area contributed by atoms with Gasteiger partial charge in [-0.1, -0.05) is 49.7 Å². The predicted octanol–water partition coefficient (Wildman–Crippen LogP) is 5.32. The number of carbonyl (C=O) groups is 1. The molecule has 5 atom stereocenters. The molecule has 2 fully saturated rings. The van der Waals surface area contributed by atoms with E-state index in [0.29, 0.717) is 22.7 Å². The van der Waals surface area contributed by atoms with Crippen LogP contribution in [0.3, 0.4) is 0 Å². The second kappa shape index (κ2) is 12.8. The van der Waals surface area contributed by atoms with Crippen molar-refractivity contribution in [2.24, 2.45) is 5.92 Å². The van der Waals surface area contributed by atoms with Gasteiger partial charge in [-0.15, -0.1) is 0 Å². The average molecular weight is 624 g/mol. The summed E-state index contributed by atoms with van der Waals surface area (Å²) in [5.41, 5.74) is 6.96. The molecule has 234 valence electrons. The van der Waals surface area contributed by atoms with Gasteiger partial charge in [-0.2, -0.15) is 0 Å². The minimum Gasteiger partial charge on any atom is -0.462 e. The quantitative estimate of drug-likeness (QED) is 0.174. The molecule has 2 aromatic carbocycles. The number of hydrogen-bond acceptors (Lipinski definition) is 11. The van der Waals surface area contributed by atoms with E-state index in [1.54, 1.807) is 30.8 Å². The van der Waals surface area contributed by atoms with Gasteiger partial charge in [0.2, 0.25) is 0 Å². The lowest BCUT2D eigenvalue weighted by Crippen LogP contribution is -2.30. The lowest BCUT2D eigenvalue weighted by molar-refractivity contribution is -0.154. The molecule has 0 spiro atoms. The fraction of sp³-hybridized carbons (Fsp3) is 0.484. The van der Waals surface area contributed by atoms with Crippen LogP contribution >= 0.6 is 7.60 Å². The minimum absolute atomic E-state index is 0.132. The van der Waals surface area contributed by atoms with Crippen LogP contribution in [0.2, 0.25) is 0 Å². The maximum Gasteiger partial charge on any atom is 0.380 e. The first-order valence-electron chi connectivity index (χ1n) is 15.1. The van der Waals surface area contributed by atoms with E-state index in [9.17, 15) is 14.5 Å². The highest BCUT2D eigenvalue weighted by Gasteiger charge is 2.44. The van der Waals surface area contributed by atoms with Gasteiger partial charge >= 0.3 is 13.6 Å². The largest absolute Gasteiger partial charge is 0.462 e. The van der Waals surface area contributed by atoms with Gasteiger partial charge < -0.3 is 24.8 Å². The van der Waals surface area contributed by atoms with Gasteiger partial charge in [-0.05, 0) is 44.1 Å². The van der Waals surface area contributed by atoms with Crippen molar-refractivity contribution < 1.29 is 33.0 Å². The third kappa shape index (κ3) is 6.44. The molecule has 13 heteroatoms. The van der Waals surface area contributed by atoms with Crippen LogP contribution in [0.1, 0.15) is 57.5 Å². The van der Waals surface area contributed by atoms with Crippen molar-refractivity contribution in [2.75, 3.05) is 18.5 Å². The highest BCUT2D eigenvalue weighted by molar-refractivity contribution is 7.54. The molecule has 4 aromatic rings. The molecule has 6 rings (SSSR count). The molecule has 1 saturated heterocycles. The molecule has 0 amide bonds. The molecule has 3 heterocycles. The van der Waals surface area contributed by atoms with Crippen LogP contribution in [-0.2, 0) is 23.4 Å². The van der Waals surface area contributed by atoms with Crippen molar-refractivity contribution in [1.29, 1.82) is 0 Å². The molecule has 1 saturated carbocycles. The summed E-state index contributed by atoms with van der Waals surface area (Å²) >= 11 is 0. The monoisotopic (exact) mass is 623 g/mol. The Bertz CT molecular complexity index is 1690. The third-order valence-corrected chi connectivity index (χ3v) is 10.3. The second-order valence-corrected chi connectivity index (χ2v) is 13.6. The molecule has 1 unspecified atom stereocenters. The lowest BCUT2D eigenvalue weighted by Gasteiger charge is -2.28. The Balaban J connectivity index is 1.27. The van der Waals surface area contributed by atoms with E-state index in [1.807, 2.05) is 36.4 Å². The number of aliphatic hydroxyl groups excluding tert-OH is 1. The molecule has 1 aliphatic heterocycles. The summed E-state index contributed by atoms with van der Waals surface area (Å²) < 4.78 is 40.9. The number of rotatable bonds is 10. The van der Waals surface area contributed by atoms with Crippen LogP contribution in [0.25, 0.3) is 21.9 Å². The Morgan fingerprint density at radius 3 is 2.73 bits per heavy atom. The Morgan fingerprint density at radius 1 is 1.16 bits per heavy atom. The average Bonchev–Trinajstić information content (AvgIpc) is 3.61. The first-order valence-corrected chi connectivity index (χ1v) is 16.8. The van der Waals surface area contributed by atoms with E-state index >= 15 is 0 Å². The number of nitrogens with two attached hydrogens (primary N) is 1. The fourth-order valence-corrected chi connectivity index (χ4v) is 8.13. The third-order valence-electron chi connectivity index (χ3n) is 8.25. The van der Waals surface area contributed by atoms with E-state index in [2.05, 4.69) is 15.0 Å². The number of fused-ring (bicyclic) bond motifs is 2. The number of anilines is 1. The SMILES string of the molecule is Cc1nc(N)c2ncn([C@H]3C[C@@H](OP(=O)(C[C@@H](C)C(=O)OC4CCCCC4)Oc4cccc5ccccc45)[C@@H](CO)O3)c2n1. The normalized spacial score (nSPS) is 23.0. The standard InChI is InChI=1S/C31H38N5O7P/c1-19(31(38)40-22-11-4-3-5-12-22)17-44(39,42-24-14-8-10-21-9-6-7-13-23(21)24)43-25-15-27(41-26(25)16-37)36-18-33-28-29(32)34-20(2)35-30(28)36/h6-10,13-14,18-19,22,25-27,37H,3-5,11-12,15-17H2,1-2H3,(H2,32,34,35)/t19-,25-,26-,27-,44?/m1/s1. The highest BCUT2D eigenvalue weighted by atomic mass is 31.2. The van der Waals surface area contributed by atoms with Crippen molar-refractivity contribution >= 4 is 41.3 Å². The Kier molecular flexibility index (Phi) is 8.87. The van der Waals surface area contributed by atoms with E-state index in [-0.39, 0.29) is 24.5 Å². The van der Waals surface area contributed by atoms with Crippen molar-refractivity contribution in [3.05, 3.63) is 54.6 Å². The molecule has 44 heavy (non-hydrogen) atoms. The number of ether oxygens (including phenoxy) is 2. The molecule has 1 aliphatic carbocycles. The van der Waals surface area contributed by atoms with Crippen LogP contribution in [-0.4, -0.2) is 61.7 Å². The number of benzene rings is 2. The molecule has 3 N–H and O–H groups in total. The van der Waals surface area contributed by atoms with E-state index in [1.165, 1.54) is 0 Å². The number of carbonyl (C=O) groups excluding carboxylic acids is 1. The van der Waals surface area contributed by atoms with Gasteiger partial charge in [-0.3, -0.25) is 13.9 Å². The summed E-state index contributed by atoms with van der Waals surface area (Å²) in [4.78, 5) is 26.1. The lowest BCUT2D eigenvalue weighted by atomic mass is 9.98. The predicted molar refractivity (Wildman–Crippen MR) is 164 cm³/mol. The number of hydrogen-bond donors (Lipinski definition) is 2. The maximum absolute atomic E-state index is 14.7. The highest BCUT2D eigenvalue weighted by Crippen LogP contribution is 2.54. The van der Waals surface area contributed by atoms with Gasteiger partial charge in [0.25, 0.3) is 0 Å². The molecule has 12 nitrogen and oxygen atoms in total. The molecule has 0 radical (unpaired) electrons. The second-order valence-electron chi connectivity index (χ2n) is 11.6. The number of esters is 1. The summed E-state index contributed by atoms with van der Waals surface area (Å²) in [5.74, 6) is -0.0950. The van der Waals surface area contributed by atoms with Gasteiger partial charge in [0.1, 0.15) is 41.6 Å².